The summed E-state index contributed by atoms with van der Waals surface area (Å²) in [6.45, 7) is 7.41. The Balaban J connectivity index is 1.55. The lowest BCUT2D eigenvalue weighted by molar-refractivity contribution is -0.136. The van der Waals surface area contributed by atoms with Crippen LogP contribution in [0.3, 0.4) is 0 Å². The SMILES string of the molecule is C=C(C)C(=O)OCSCCCC1CSC(c2cc(C)cs2)S1. The van der Waals surface area contributed by atoms with E-state index in [4.69, 9.17) is 4.74 Å². The summed E-state index contributed by atoms with van der Waals surface area (Å²) in [6.07, 6.45) is 2.43. The zero-order valence-electron chi connectivity index (χ0n) is 13.0. The fourth-order valence-corrected chi connectivity index (χ4v) is 7.37. The molecule has 0 saturated carbocycles. The summed E-state index contributed by atoms with van der Waals surface area (Å²) < 4.78 is 5.70. The minimum Gasteiger partial charge on any atom is -0.451 e. The molecule has 0 bridgehead atoms. The molecule has 122 valence electrons. The van der Waals surface area contributed by atoms with Gasteiger partial charge in [0.05, 0.1) is 4.58 Å². The molecule has 1 saturated heterocycles. The zero-order valence-corrected chi connectivity index (χ0v) is 16.3. The van der Waals surface area contributed by atoms with Crippen LogP contribution in [0.25, 0.3) is 0 Å². The number of thiophene rings is 1. The molecule has 2 unspecified atom stereocenters. The quantitative estimate of drug-likeness (QED) is 0.259. The number of ether oxygens (including phenoxy) is 1. The van der Waals surface area contributed by atoms with E-state index < -0.39 is 0 Å². The van der Waals surface area contributed by atoms with Crippen LogP contribution < -0.4 is 0 Å². The van der Waals surface area contributed by atoms with Crippen LogP contribution in [0.5, 0.6) is 0 Å². The first-order chi connectivity index (χ1) is 10.6. The lowest BCUT2D eigenvalue weighted by Crippen LogP contribution is -2.05. The number of esters is 1. The molecule has 1 aliphatic heterocycles. The Bertz CT molecular complexity index is 512. The van der Waals surface area contributed by atoms with Crippen LogP contribution in [0.15, 0.2) is 23.6 Å². The van der Waals surface area contributed by atoms with Gasteiger partial charge in [-0.2, -0.15) is 0 Å². The zero-order chi connectivity index (χ0) is 15.9. The maximum Gasteiger partial charge on any atom is 0.333 e. The van der Waals surface area contributed by atoms with Crippen LogP contribution in [-0.2, 0) is 9.53 Å². The standard InChI is InChI=1S/C16H22O2S4/c1-11(2)15(17)18-10-19-6-4-5-13-9-21-16(22-13)14-7-12(3)8-20-14/h7-8,13,16H,1,4-6,9-10H2,2-3H3. The highest BCUT2D eigenvalue weighted by atomic mass is 32.2. The Morgan fingerprint density at radius 2 is 2.36 bits per heavy atom. The van der Waals surface area contributed by atoms with Crippen LogP contribution in [-0.4, -0.2) is 28.7 Å². The summed E-state index contributed by atoms with van der Waals surface area (Å²) >= 11 is 7.77. The van der Waals surface area contributed by atoms with Gasteiger partial charge in [0.15, 0.2) is 0 Å². The second-order valence-electron chi connectivity index (χ2n) is 5.33. The van der Waals surface area contributed by atoms with Gasteiger partial charge in [0.2, 0.25) is 0 Å². The van der Waals surface area contributed by atoms with Gasteiger partial charge in [-0.3, -0.25) is 0 Å². The first-order valence-electron chi connectivity index (χ1n) is 7.28. The molecule has 2 atom stereocenters. The number of aryl methyl sites for hydroxylation is 1. The molecule has 2 nitrogen and oxygen atoms in total. The maximum atomic E-state index is 11.2. The molecule has 0 aromatic carbocycles. The molecule has 2 rings (SSSR count). The van der Waals surface area contributed by atoms with E-state index in [0.29, 0.717) is 16.1 Å². The molecule has 1 fully saturated rings. The molecule has 0 N–H and O–H groups in total. The number of carbonyl (C=O) groups is 1. The Kier molecular flexibility index (Phi) is 7.74. The minimum atomic E-state index is -0.288. The lowest BCUT2D eigenvalue weighted by atomic mass is 10.3. The lowest BCUT2D eigenvalue weighted by Gasteiger charge is -2.09. The van der Waals surface area contributed by atoms with Crippen molar-refractivity contribution in [1.82, 2.24) is 0 Å². The van der Waals surface area contributed by atoms with Crippen molar-refractivity contribution in [3.63, 3.8) is 0 Å². The molecular weight excluding hydrogens is 352 g/mol. The largest absolute Gasteiger partial charge is 0.451 e. The van der Waals surface area contributed by atoms with Crippen molar-refractivity contribution in [1.29, 1.82) is 0 Å². The first-order valence-corrected chi connectivity index (χ1v) is 11.3. The normalized spacial score (nSPS) is 21.0. The van der Waals surface area contributed by atoms with E-state index in [-0.39, 0.29) is 5.97 Å². The summed E-state index contributed by atoms with van der Waals surface area (Å²) in [6, 6.07) is 2.32. The topological polar surface area (TPSA) is 26.3 Å². The summed E-state index contributed by atoms with van der Waals surface area (Å²) in [7, 11) is 0. The Hall–Kier alpha value is -0.0400. The highest BCUT2D eigenvalue weighted by Crippen LogP contribution is 2.51. The van der Waals surface area contributed by atoms with Gasteiger partial charge in [-0.25, -0.2) is 4.79 Å². The number of thioether (sulfide) groups is 3. The van der Waals surface area contributed by atoms with Gasteiger partial charge in [-0.1, -0.05) is 6.58 Å². The summed E-state index contributed by atoms with van der Waals surface area (Å²) in [4.78, 5) is 12.7. The molecule has 6 heteroatoms. The molecule has 0 spiro atoms. The molecule has 1 aromatic heterocycles. The molecule has 1 aromatic rings. The van der Waals surface area contributed by atoms with E-state index in [1.165, 1.54) is 29.0 Å². The predicted molar refractivity (Wildman–Crippen MR) is 103 cm³/mol. The van der Waals surface area contributed by atoms with Crippen molar-refractivity contribution in [2.45, 2.75) is 36.5 Å². The van der Waals surface area contributed by atoms with Gasteiger partial charge in [0.25, 0.3) is 0 Å². The molecule has 22 heavy (non-hydrogen) atoms. The minimum absolute atomic E-state index is 0.288. The second-order valence-corrected chi connectivity index (χ2v) is 10.2. The highest BCUT2D eigenvalue weighted by Gasteiger charge is 2.27. The summed E-state index contributed by atoms with van der Waals surface area (Å²) in [5.41, 5.74) is 1.85. The monoisotopic (exact) mass is 374 g/mol. The average molecular weight is 375 g/mol. The van der Waals surface area contributed by atoms with Crippen molar-refractivity contribution in [2.24, 2.45) is 0 Å². The van der Waals surface area contributed by atoms with Crippen molar-refractivity contribution in [2.75, 3.05) is 17.4 Å². The Morgan fingerprint density at radius 3 is 3.05 bits per heavy atom. The molecule has 0 radical (unpaired) electrons. The van der Waals surface area contributed by atoms with Crippen LogP contribution in [0.4, 0.5) is 0 Å². The number of rotatable bonds is 8. The van der Waals surface area contributed by atoms with Gasteiger partial charge in [0, 0.05) is 21.5 Å². The predicted octanol–water partition coefficient (Wildman–Crippen LogP) is 5.49. The number of hydrogen-bond donors (Lipinski definition) is 0. The van der Waals surface area contributed by atoms with Gasteiger partial charge in [0.1, 0.15) is 5.94 Å². The van der Waals surface area contributed by atoms with Crippen LogP contribution in [0.1, 0.15) is 34.8 Å². The molecular formula is C16H22O2S4. The summed E-state index contributed by atoms with van der Waals surface area (Å²) in [5, 5.41) is 3.00. The fourth-order valence-electron chi connectivity index (χ4n) is 2.02. The van der Waals surface area contributed by atoms with E-state index in [0.717, 1.165) is 11.0 Å². The van der Waals surface area contributed by atoms with E-state index >= 15 is 0 Å². The third-order valence-corrected chi connectivity index (χ3v) is 8.84. The molecule has 1 aliphatic rings. The van der Waals surface area contributed by atoms with Gasteiger partial charge < -0.3 is 4.74 Å². The van der Waals surface area contributed by atoms with Crippen molar-refractivity contribution in [3.8, 4) is 0 Å². The second kappa shape index (κ2) is 9.30. The number of carbonyl (C=O) groups excluding carboxylic acids is 1. The van der Waals surface area contributed by atoms with Gasteiger partial charge in [-0.15, -0.1) is 46.6 Å². The molecule has 0 amide bonds. The van der Waals surface area contributed by atoms with Crippen LogP contribution >= 0.6 is 46.6 Å². The van der Waals surface area contributed by atoms with E-state index in [1.54, 1.807) is 18.7 Å². The fraction of sp³-hybridized carbons (Fsp3) is 0.562. The smallest absolute Gasteiger partial charge is 0.333 e. The first kappa shape index (κ1) is 18.3. The Labute approximate surface area is 149 Å². The highest BCUT2D eigenvalue weighted by molar-refractivity contribution is 8.20. The van der Waals surface area contributed by atoms with E-state index in [2.05, 4.69) is 48.5 Å². The van der Waals surface area contributed by atoms with Crippen molar-refractivity contribution >= 4 is 52.6 Å². The maximum absolute atomic E-state index is 11.2. The third kappa shape index (κ3) is 5.87. The molecule has 2 heterocycles. The van der Waals surface area contributed by atoms with Gasteiger partial charge in [-0.05, 0) is 49.5 Å². The van der Waals surface area contributed by atoms with E-state index in [9.17, 15) is 4.79 Å². The third-order valence-electron chi connectivity index (χ3n) is 3.17. The molecule has 0 aliphatic carbocycles. The number of hydrogen-bond acceptors (Lipinski definition) is 6. The van der Waals surface area contributed by atoms with Crippen LogP contribution in [0.2, 0.25) is 0 Å². The van der Waals surface area contributed by atoms with Crippen molar-refractivity contribution < 1.29 is 9.53 Å². The van der Waals surface area contributed by atoms with E-state index in [1.807, 2.05) is 11.3 Å². The summed E-state index contributed by atoms with van der Waals surface area (Å²) in [5.74, 6) is 2.45. The van der Waals surface area contributed by atoms with Crippen molar-refractivity contribution in [3.05, 3.63) is 34.0 Å². The van der Waals surface area contributed by atoms with Crippen LogP contribution in [0, 0.1) is 6.92 Å². The Morgan fingerprint density at radius 1 is 1.55 bits per heavy atom. The average Bonchev–Trinajstić information content (AvgIpc) is 3.11. The van der Waals surface area contributed by atoms with Gasteiger partial charge >= 0.3 is 5.97 Å².